The second kappa shape index (κ2) is 8.54. The van der Waals surface area contributed by atoms with Gasteiger partial charge in [-0.15, -0.1) is 0 Å². The normalized spacial score (nSPS) is 15.1. The minimum Gasteiger partial charge on any atom is -0.493 e. The van der Waals surface area contributed by atoms with Gasteiger partial charge in [-0.2, -0.15) is 0 Å². The molecule has 5 rings (SSSR count). The Kier molecular flexibility index (Phi) is 5.42. The lowest BCUT2D eigenvalue weighted by atomic mass is 10.1. The van der Waals surface area contributed by atoms with Crippen molar-refractivity contribution in [2.45, 2.75) is 0 Å². The van der Waals surface area contributed by atoms with E-state index in [4.69, 9.17) is 14.5 Å². The second-order valence-corrected chi connectivity index (χ2v) is 7.72. The molecule has 8 heteroatoms. The summed E-state index contributed by atoms with van der Waals surface area (Å²) >= 11 is 0. The molecule has 2 aliphatic heterocycles. The number of para-hydroxylation sites is 3. The van der Waals surface area contributed by atoms with Gasteiger partial charge in [0.2, 0.25) is 0 Å². The molecule has 2 heterocycles. The summed E-state index contributed by atoms with van der Waals surface area (Å²) in [4.78, 5) is 21.2. The van der Waals surface area contributed by atoms with Crippen LogP contribution in [-0.2, 0) is 0 Å². The Bertz CT molecular complexity index is 1230. The number of aliphatic imine (C=N–C) groups is 1. The van der Waals surface area contributed by atoms with E-state index in [-0.39, 0.29) is 0 Å². The third-order valence-corrected chi connectivity index (χ3v) is 5.79. The molecule has 0 saturated carbocycles. The first-order valence-electron chi connectivity index (χ1n) is 10.6. The highest BCUT2D eigenvalue weighted by Gasteiger charge is 2.30. The smallest absolute Gasteiger partial charge is 0.259 e. The first-order chi connectivity index (χ1) is 16.1. The molecule has 168 valence electrons. The Morgan fingerprint density at radius 2 is 1.64 bits per heavy atom. The molecule has 6 nitrogen and oxygen atoms in total. The molecular weight excluding hydrogens is 428 g/mol. The molecule has 1 fully saturated rings. The van der Waals surface area contributed by atoms with Crippen molar-refractivity contribution in [1.82, 2.24) is 9.80 Å². The summed E-state index contributed by atoms with van der Waals surface area (Å²) in [5.41, 5.74) is 0.929. The number of hydrogen-bond acceptors (Lipinski definition) is 5. The first-order valence-corrected chi connectivity index (χ1v) is 10.6. The number of methoxy groups -OCH3 is 1. The number of nitrogens with zero attached hydrogens (tertiary/aromatic N) is 3. The number of amides is 1. The van der Waals surface area contributed by atoms with E-state index in [1.165, 1.54) is 11.0 Å². The highest BCUT2D eigenvalue weighted by molar-refractivity contribution is 6.04. The highest BCUT2D eigenvalue weighted by atomic mass is 19.1. The fourth-order valence-corrected chi connectivity index (χ4v) is 4.10. The van der Waals surface area contributed by atoms with Gasteiger partial charge in [-0.05, 0) is 36.4 Å². The van der Waals surface area contributed by atoms with Crippen molar-refractivity contribution < 1.29 is 23.0 Å². The van der Waals surface area contributed by atoms with Gasteiger partial charge >= 0.3 is 0 Å². The molecule has 2 aliphatic rings. The number of benzene rings is 3. The Labute approximate surface area is 189 Å². The maximum absolute atomic E-state index is 14.1. The number of carbonyl (C=O) groups is 1. The summed E-state index contributed by atoms with van der Waals surface area (Å²) in [5, 5.41) is 0. The highest BCUT2D eigenvalue weighted by Crippen LogP contribution is 2.42. The zero-order valence-electron chi connectivity index (χ0n) is 17.9. The quantitative estimate of drug-likeness (QED) is 0.573. The van der Waals surface area contributed by atoms with Crippen LogP contribution >= 0.6 is 0 Å². The van der Waals surface area contributed by atoms with Gasteiger partial charge in [0.25, 0.3) is 5.91 Å². The Morgan fingerprint density at radius 3 is 2.36 bits per heavy atom. The summed E-state index contributed by atoms with van der Waals surface area (Å²) < 4.78 is 39.9. The van der Waals surface area contributed by atoms with Crippen LogP contribution in [0.3, 0.4) is 0 Å². The first kappa shape index (κ1) is 20.9. The summed E-state index contributed by atoms with van der Waals surface area (Å²) in [6.45, 7) is 1.49. The largest absolute Gasteiger partial charge is 0.493 e. The molecule has 0 N–H and O–H groups in total. The molecule has 1 saturated heterocycles. The van der Waals surface area contributed by atoms with Gasteiger partial charge in [0, 0.05) is 26.2 Å². The van der Waals surface area contributed by atoms with Crippen LogP contribution < -0.4 is 9.47 Å². The Hall–Kier alpha value is -3.94. The molecule has 0 radical (unpaired) electrons. The topological polar surface area (TPSA) is 54.4 Å². The van der Waals surface area contributed by atoms with Crippen LogP contribution in [0, 0.1) is 11.6 Å². The van der Waals surface area contributed by atoms with E-state index in [2.05, 4.69) is 0 Å². The number of carbonyl (C=O) groups excluding carboxylic acids is 1. The van der Waals surface area contributed by atoms with Crippen LogP contribution in [0.4, 0.5) is 14.5 Å². The average molecular weight is 449 g/mol. The molecule has 0 atom stereocenters. The molecule has 0 aromatic heterocycles. The SMILES string of the molecule is COc1cccc2c1Oc1ccccc1N=C2N1CCN(C(=O)c2c(F)cccc2F)CC1. The lowest BCUT2D eigenvalue weighted by molar-refractivity contribution is 0.0682. The Morgan fingerprint density at radius 1 is 0.939 bits per heavy atom. The monoisotopic (exact) mass is 449 g/mol. The lowest BCUT2D eigenvalue weighted by Crippen LogP contribution is -2.51. The number of hydrogen-bond donors (Lipinski definition) is 0. The number of piperazine rings is 1. The van der Waals surface area contributed by atoms with Crippen LogP contribution in [0.5, 0.6) is 17.2 Å². The summed E-state index contributed by atoms with van der Waals surface area (Å²) in [5.74, 6) is 0.0935. The van der Waals surface area contributed by atoms with Crippen LogP contribution in [-0.4, -0.2) is 54.8 Å². The molecule has 3 aromatic rings. The number of ether oxygens (including phenoxy) is 2. The van der Waals surface area contributed by atoms with E-state index in [0.717, 1.165) is 17.7 Å². The fourth-order valence-electron chi connectivity index (χ4n) is 4.10. The number of halogens is 2. The molecule has 3 aromatic carbocycles. The number of rotatable bonds is 2. The van der Waals surface area contributed by atoms with Gasteiger partial charge < -0.3 is 19.3 Å². The zero-order chi connectivity index (χ0) is 22.9. The maximum atomic E-state index is 14.1. The number of fused-ring (bicyclic) bond motifs is 2. The molecular formula is C25H21F2N3O3. The van der Waals surface area contributed by atoms with Crippen molar-refractivity contribution in [3.05, 3.63) is 83.4 Å². The lowest BCUT2D eigenvalue weighted by Gasteiger charge is -2.36. The van der Waals surface area contributed by atoms with E-state index in [1.807, 2.05) is 47.4 Å². The van der Waals surface area contributed by atoms with E-state index in [0.29, 0.717) is 55.0 Å². The van der Waals surface area contributed by atoms with Crippen molar-refractivity contribution >= 4 is 17.4 Å². The van der Waals surface area contributed by atoms with Crippen LogP contribution in [0.2, 0.25) is 0 Å². The summed E-state index contributed by atoms with van der Waals surface area (Å²) in [6, 6.07) is 16.5. The van der Waals surface area contributed by atoms with Gasteiger partial charge in [-0.1, -0.05) is 24.3 Å². The number of amidine groups is 1. The van der Waals surface area contributed by atoms with Crippen molar-refractivity contribution in [3.63, 3.8) is 0 Å². The van der Waals surface area contributed by atoms with Gasteiger partial charge in [0.05, 0.1) is 12.7 Å². The molecule has 33 heavy (non-hydrogen) atoms. The minimum atomic E-state index is -0.856. The molecule has 0 bridgehead atoms. The zero-order valence-corrected chi connectivity index (χ0v) is 17.9. The van der Waals surface area contributed by atoms with E-state index in [1.54, 1.807) is 7.11 Å². The van der Waals surface area contributed by atoms with E-state index in [9.17, 15) is 13.6 Å². The molecule has 0 unspecified atom stereocenters. The predicted octanol–water partition coefficient (Wildman–Crippen LogP) is 4.62. The van der Waals surface area contributed by atoms with Gasteiger partial charge in [0.15, 0.2) is 17.2 Å². The van der Waals surface area contributed by atoms with Crippen LogP contribution in [0.25, 0.3) is 0 Å². The second-order valence-electron chi connectivity index (χ2n) is 7.72. The van der Waals surface area contributed by atoms with Gasteiger partial charge in [-0.25, -0.2) is 13.8 Å². The maximum Gasteiger partial charge on any atom is 0.259 e. The summed E-state index contributed by atoms with van der Waals surface area (Å²) in [6.07, 6.45) is 0. The third kappa shape index (κ3) is 3.77. The third-order valence-electron chi connectivity index (χ3n) is 5.79. The average Bonchev–Trinajstić information content (AvgIpc) is 3.00. The predicted molar refractivity (Wildman–Crippen MR) is 120 cm³/mol. The van der Waals surface area contributed by atoms with Crippen LogP contribution in [0.15, 0.2) is 65.7 Å². The van der Waals surface area contributed by atoms with Gasteiger partial charge in [0.1, 0.15) is 28.7 Å². The van der Waals surface area contributed by atoms with E-state index >= 15 is 0 Å². The molecule has 0 spiro atoms. The van der Waals surface area contributed by atoms with Crippen molar-refractivity contribution in [2.24, 2.45) is 4.99 Å². The Balaban J connectivity index is 1.45. The standard InChI is InChI=1S/C25H21F2N3O3/c1-32-21-11-4-6-16-23(21)33-20-10-3-2-9-19(20)28-24(16)29-12-14-30(15-13-29)25(31)22-17(26)7-5-8-18(22)27/h2-11H,12-15H2,1H3. The summed E-state index contributed by atoms with van der Waals surface area (Å²) in [7, 11) is 1.58. The van der Waals surface area contributed by atoms with Crippen molar-refractivity contribution in [1.29, 1.82) is 0 Å². The van der Waals surface area contributed by atoms with Crippen molar-refractivity contribution in [2.75, 3.05) is 33.3 Å². The molecule has 1 amide bonds. The van der Waals surface area contributed by atoms with Crippen LogP contribution in [0.1, 0.15) is 15.9 Å². The van der Waals surface area contributed by atoms with E-state index < -0.39 is 23.1 Å². The van der Waals surface area contributed by atoms with Gasteiger partial charge in [-0.3, -0.25) is 4.79 Å². The minimum absolute atomic E-state index is 0.299. The fraction of sp³-hybridized carbons (Fsp3) is 0.200. The molecule has 0 aliphatic carbocycles. The van der Waals surface area contributed by atoms with Crippen molar-refractivity contribution in [3.8, 4) is 17.2 Å².